The first-order chi connectivity index (χ1) is 15.9. The second kappa shape index (κ2) is 9.58. The third-order valence-electron chi connectivity index (χ3n) is 7.64. The number of fused-ring (bicyclic) bond motifs is 1. The van der Waals surface area contributed by atoms with Crippen molar-refractivity contribution in [2.75, 3.05) is 37.6 Å². The number of nitrogens with one attached hydrogen (secondary N) is 2. The van der Waals surface area contributed by atoms with E-state index in [1.165, 1.54) is 12.8 Å². The molecule has 3 fully saturated rings. The molecule has 1 aromatic heterocycles. The monoisotopic (exact) mass is 487 g/mol. The Balaban J connectivity index is 0.00000274. The van der Waals surface area contributed by atoms with Crippen LogP contribution in [0.3, 0.4) is 0 Å². The summed E-state index contributed by atoms with van der Waals surface area (Å²) < 4.78 is 2.13. The average Bonchev–Trinajstić information content (AvgIpc) is 3.24. The van der Waals surface area contributed by atoms with E-state index in [-0.39, 0.29) is 36.7 Å². The normalized spacial score (nSPS) is 20.6. The molecule has 3 saturated heterocycles. The summed E-state index contributed by atoms with van der Waals surface area (Å²) in [6, 6.07) is 5.56. The molecule has 4 amide bonds. The lowest BCUT2D eigenvalue weighted by Crippen LogP contribution is -2.50. The topological polar surface area (TPSA) is 86.7 Å². The number of likely N-dealkylation sites (tertiary alicyclic amines) is 1. The number of nitrogens with zero attached hydrogens (tertiary/aromatic N) is 3. The van der Waals surface area contributed by atoms with Crippen molar-refractivity contribution in [2.45, 2.75) is 52.0 Å². The average molecular weight is 488 g/mol. The van der Waals surface area contributed by atoms with E-state index in [9.17, 15) is 14.4 Å². The summed E-state index contributed by atoms with van der Waals surface area (Å²) in [6.45, 7) is 8.18. The Morgan fingerprint density at radius 1 is 1.09 bits per heavy atom. The first kappa shape index (κ1) is 24.5. The van der Waals surface area contributed by atoms with Gasteiger partial charge in [-0.15, -0.1) is 12.4 Å². The van der Waals surface area contributed by atoms with Crippen molar-refractivity contribution in [2.24, 2.45) is 5.41 Å². The van der Waals surface area contributed by atoms with E-state index >= 15 is 0 Å². The van der Waals surface area contributed by atoms with Crippen LogP contribution >= 0.6 is 12.4 Å². The Labute approximate surface area is 206 Å². The van der Waals surface area contributed by atoms with Crippen molar-refractivity contribution in [3.05, 3.63) is 30.0 Å². The SMILES string of the molecule is CC(C)n1ccc2c(N3CCC(=O)NC3=O)cc(C(=O)N3CCC4(CCCNC4)CC3)cc21.Cl. The Morgan fingerprint density at radius 2 is 1.85 bits per heavy atom. The Bertz CT molecular complexity index is 1100. The number of urea groups is 1. The van der Waals surface area contributed by atoms with Crippen LogP contribution in [0.2, 0.25) is 0 Å². The lowest BCUT2D eigenvalue weighted by Gasteiger charge is -2.44. The standard InChI is InChI=1S/C25H33N5O3.ClH/c1-17(2)29-10-4-19-20(29)14-18(15-21(19)30-11-5-22(31)27-24(30)33)23(32)28-12-7-25(8-13-28)6-3-9-26-16-25;/h4,10,14-15,17,26H,3,5-9,11-13,16H2,1-2H3,(H,27,31,33);1H. The number of carbonyl (C=O) groups excluding carboxylic acids is 3. The van der Waals surface area contributed by atoms with E-state index in [2.05, 4.69) is 29.0 Å². The smallest absolute Gasteiger partial charge is 0.328 e. The van der Waals surface area contributed by atoms with Gasteiger partial charge < -0.3 is 14.8 Å². The van der Waals surface area contributed by atoms with E-state index in [0.717, 1.165) is 49.9 Å². The van der Waals surface area contributed by atoms with E-state index in [0.29, 0.717) is 23.2 Å². The molecule has 184 valence electrons. The molecule has 4 heterocycles. The van der Waals surface area contributed by atoms with Gasteiger partial charge >= 0.3 is 6.03 Å². The molecule has 0 atom stereocenters. The fourth-order valence-electron chi connectivity index (χ4n) is 5.66. The summed E-state index contributed by atoms with van der Waals surface area (Å²) in [5, 5.41) is 6.85. The minimum absolute atomic E-state index is 0. The molecule has 0 bridgehead atoms. The molecule has 2 N–H and O–H groups in total. The summed E-state index contributed by atoms with van der Waals surface area (Å²) in [6.07, 6.45) is 6.75. The maximum atomic E-state index is 13.6. The Morgan fingerprint density at radius 3 is 2.50 bits per heavy atom. The molecule has 3 aliphatic heterocycles. The quantitative estimate of drug-likeness (QED) is 0.691. The highest BCUT2D eigenvalue weighted by Gasteiger charge is 2.37. The van der Waals surface area contributed by atoms with E-state index in [4.69, 9.17) is 0 Å². The number of hydrogen-bond donors (Lipinski definition) is 2. The fraction of sp³-hybridized carbons (Fsp3) is 0.560. The highest BCUT2D eigenvalue weighted by atomic mass is 35.5. The number of imide groups is 1. The van der Waals surface area contributed by atoms with Gasteiger partial charge in [0.2, 0.25) is 5.91 Å². The van der Waals surface area contributed by atoms with Crippen LogP contribution in [0.5, 0.6) is 0 Å². The van der Waals surface area contributed by atoms with Crippen molar-refractivity contribution in [1.29, 1.82) is 0 Å². The molecule has 34 heavy (non-hydrogen) atoms. The van der Waals surface area contributed by atoms with E-state index in [1.807, 2.05) is 29.3 Å². The summed E-state index contributed by atoms with van der Waals surface area (Å²) in [7, 11) is 0. The number of rotatable bonds is 3. The van der Waals surface area contributed by atoms with Crippen LogP contribution in [0.15, 0.2) is 24.4 Å². The molecule has 0 aliphatic carbocycles. The van der Waals surface area contributed by atoms with E-state index < -0.39 is 6.03 Å². The molecule has 2 aromatic rings. The van der Waals surface area contributed by atoms with Gasteiger partial charge in [-0.25, -0.2) is 4.79 Å². The minimum Gasteiger partial charge on any atom is -0.345 e. The second-order valence-electron chi connectivity index (χ2n) is 10.1. The van der Waals surface area contributed by atoms with Gasteiger partial charge in [0, 0.05) is 55.8 Å². The van der Waals surface area contributed by atoms with Crippen molar-refractivity contribution in [3.63, 3.8) is 0 Å². The van der Waals surface area contributed by atoms with Gasteiger partial charge in [-0.1, -0.05) is 0 Å². The number of halogens is 1. The molecular formula is C25H34ClN5O3. The summed E-state index contributed by atoms with van der Waals surface area (Å²) in [4.78, 5) is 41.5. The van der Waals surface area contributed by atoms with E-state index in [1.54, 1.807) is 4.90 Å². The summed E-state index contributed by atoms with van der Waals surface area (Å²) >= 11 is 0. The molecule has 0 unspecified atom stereocenters. The lowest BCUT2D eigenvalue weighted by atomic mass is 9.73. The minimum atomic E-state index is -0.431. The molecule has 3 aliphatic rings. The second-order valence-corrected chi connectivity index (χ2v) is 10.1. The van der Waals surface area contributed by atoms with Crippen LogP contribution in [0.25, 0.3) is 10.9 Å². The van der Waals surface area contributed by atoms with Crippen LogP contribution in [0, 0.1) is 5.41 Å². The number of anilines is 1. The van der Waals surface area contributed by atoms with Gasteiger partial charge in [0.25, 0.3) is 5.91 Å². The first-order valence-electron chi connectivity index (χ1n) is 12.1. The van der Waals surface area contributed by atoms with Crippen LogP contribution in [-0.2, 0) is 4.79 Å². The third-order valence-corrected chi connectivity index (χ3v) is 7.64. The number of amides is 4. The van der Waals surface area contributed by atoms with Crippen LogP contribution in [0.1, 0.15) is 62.4 Å². The van der Waals surface area contributed by atoms with Crippen molar-refractivity contribution in [3.8, 4) is 0 Å². The molecule has 1 aromatic carbocycles. The number of carbonyl (C=O) groups is 3. The predicted octanol–water partition coefficient (Wildman–Crippen LogP) is 3.70. The van der Waals surface area contributed by atoms with Gasteiger partial charge in [0.1, 0.15) is 0 Å². The number of hydrogen-bond acceptors (Lipinski definition) is 4. The zero-order valence-corrected chi connectivity index (χ0v) is 20.7. The largest absolute Gasteiger partial charge is 0.345 e. The number of piperidine rings is 2. The van der Waals surface area contributed by atoms with Crippen LogP contribution in [0.4, 0.5) is 10.5 Å². The van der Waals surface area contributed by atoms with Crippen LogP contribution < -0.4 is 15.5 Å². The molecule has 9 heteroatoms. The Hall–Kier alpha value is -2.58. The van der Waals surface area contributed by atoms with Crippen LogP contribution in [-0.4, -0.2) is 60.0 Å². The highest BCUT2D eigenvalue weighted by Crippen LogP contribution is 2.38. The summed E-state index contributed by atoms with van der Waals surface area (Å²) in [5.74, 6) is -0.249. The predicted molar refractivity (Wildman–Crippen MR) is 135 cm³/mol. The first-order valence-corrected chi connectivity index (χ1v) is 12.1. The molecule has 1 spiro atoms. The molecular weight excluding hydrogens is 454 g/mol. The molecule has 0 saturated carbocycles. The van der Waals surface area contributed by atoms with Crippen molar-refractivity contribution < 1.29 is 14.4 Å². The fourth-order valence-corrected chi connectivity index (χ4v) is 5.66. The Kier molecular flexibility index (Phi) is 6.92. The molecule has 0 radical (unpaired) electrons. The third kappa shape index (κ3) is 4.41. The maximum absolute atomic E-state index is 13.6. The van der Waals surface area contributed by atoms with Gasteiger partial charge in [0.05, 0.1) is 11.2 Å². The van der Waals surface area contributed by atoms with Gasteiger partial charge in [0.15, 0.2) is 0 Å². The van der Waals surface area contributed by atoms with Crippen molar-refractivity contribution >= 4 is 46.8 Å². The number of aromatic nitrogens is 1. The number of benzene rings is 1. The molecule has 8 nitrogen and oxygen atoms in total. The van der Waals surface area contributed by atoms with Gasteiger partial charge in [-0.3, -0.25) is 19.8 Å². The zero-order chi connectivity index (χ0) is 23.2. The molecule has 5 rings (SSSR count). The maximum Gasteiger partial charge on any atom is 0.328 e. The zero-order valence-electron chi connectivity index (χ0n) is 19.9. The van der Waals surface area contributed by atoms with Gasteiger partial charge in [-0.05, 0) is 69.7 Å². The summed E-state index contributed by atoms with van der Waals surface area (Å²) in [5.41, 5.74) is 2.54. The van der Waals surface area contributed by atoms with Gasteiger partial charge in [-0.2, -0.15) is 0 Å². The highest BCUT2D eigenvalue weighted by molar-refractivity contribution is 6.11. The lowest BCUT2D eigenvalue weighted by molar-refractivity contribution is -0.120. The van der Waals surface area contributed by atoms with Crippen molar-refractivity contribution in [1.82, 2.24) is 20.1 Å².